The highest BCUT2D eigenvalue weighted by atomic mass is 16.5. The van der Waals surface area contributed by atoms with Crippen LogP contribution in [0.3, 0.4) is 0 Å². The number of benzene rings is 3. The van der Waals surface area contributed by atoms with Crippen LogP contribution in [-0.4, -0.2) is 35.7 Å². The zero-order valence-electron chi connectivity index (χ0n) is 24.4. The first-order valence-corrected chi connectivity index (χ1v) is 14.2. The summed E-state index contributed by atoms with van der Waals surface area (Å²) in [5.74, 6) is 0.141. The Hall–Kier alpha value is -4.65. The average Bonchev–Trinajstić information content (AvgIpc) is 3.01. The number of hydrogen-bond donors (Lipinski definition) is 2. The number of ether oxygens (including phenoxy) is 2. The summed E-state index contributed by atoms with van der Waals surface area (Å²) in [4.78, 5) is 29.5. The Balaban J connectivity index is 1.35. The lowest BCUT2D eigenvalue weighted by molar-refractivity contribution is -0.140. The molecular formula is C35H38N2O5. The molecule has 0 spiro atoms. The molecule has 7 nitrogen and oxygen atoms in total. The van der Waals surface area contributed by atoms with Gasteiger partial charge in [-0.2, -0.15) is 0 Å². The number of carbonyl (C=O) groups excluding carboxylic acids is 2. The van der Waals surface area contributed by atoms with Crippen LogP contribution >= 0.6 is 0 Å². The van der Waals surface area contributed by atoms with E-state index in [1.807, 2.05) is 68.6 Å². The lowest BCUT2D eigenvalue weighted by atomic mass is 9.86. The van der Waals surface area contributed by atoms with Gasteiger partial charge in [-0.1, -0.05) is 80.6 Å². The Labute approximate surface area is 247 Å². The van der Waals surface area contributed by atoms with Gasteiger partial charge in [0.05, 0.1) is 13.7 Å². The number of aryl methyl sites for hydroxylation is 1. The van der Waals surface area contributed by atoms with Gasteiger partial charge in [0, 0.05) is 40.9 Å². The van der Waals surface area contributed by atoms with Crippen LogP contribution in [0, 0.1) is 5.41 Å². The van der Waals surface area contributed by atoms with Crippen LogP contribution in [0.5, 0.6) is 11.6 Å². The van der Waals surface area contributed by atoms with E-state index >= 15 is 0 Å². The van der Waals surface area contributed by atoms with Gasteiger partial charge in [0.1, 0.15) is 5.75 Å². The fourth-order valence-corrected chi connectivity index (χ4v) is 4.66. The van der Waals surface area contributed by atoms with Crippen molar-refractivity contribution in [3.05, 3.63) is 96.7 Å². The van der Waals surface area contributed by atoms with Crippen LogP contribution in [-0.2, 0) is 20.7 Å². The lowest BCUT2D eigenvalue weighted by Crippen LogP contribution is -2.31. The molecule has 0 radical (unpaired) electrons. The van der Waals surface area contributed by atoms with Crippen LogP contribution in [0.2, 0.25) is 0 Å². The van der Waals surface area contributed by atoms with E-state index in [-0.39, 0.29) is 24.0 Å². The number of amides is 1. The van der Waals surface area contributed by atoms with Gasteiger partial charge in [0.15, 0.2) is 0 Å². The van der Waals surface area contributed by atoms with Gasteiger partial charge in [-0.15, -0.1) is 0 Å². The van der Waals surface area contributed by atoms with Crippen LogP contribution in [0.15, 0.2) is 91.1 Å². The molecule has 0 fully saturated rings. The summed E-state index contributed by atoms with van der Waals surface area (Å²) in [7, 11) is 1.34. The third-order valence-electron chi connectivity index (χ3n) is 7.26. The quantitative estimate of drug-likeness (QED) is 0.129. The number of aromatic hydroxyl groups is 1. The molecule has 0 saturated heterocycles. The molecule has 1 heterocycles. The molecule has 1 aromatic heterocycles. The number of pyridine rings is 1. The number of hydrogen-bond acceptors (Lipinski definition) is 6. The van der Waals surface area contributed by atoms with E-state index in [4.69, 9.17) is 9.47 Å². The molecule has 0 unspecified atom stereocenters. The van der Waals surface area contributed by atoms with Crippen molar-refractivity contribution < 1.29 is 24.2 Å². The van der Waals surface area contributed by atoms with Gasteiger partial charge in [-0.05, 0) is 54.5 Å². The second-order valence-corrected chi connectivity index (χ2v) is 10.9. The summed E-state index contributed by atoms with van der Waals surface area (Å²) in [6.07, 6.45) is 4.59. The Morgan fingerprint density at radius 1 is 0.881 bits per heavy atom. The molecule has 218 valence electrons. The van der Waals surface area contributed by atoms with E-state index in [9.17, 15) is 14.7 Å². The lowest BCUT2D eigenvalue weighted by Gasteiger charge is -2.24. The van der Waals surface area contributed by atoms with Crippen molar-refractivity contribution in [1.29, 1.82) is 0 Å². The van der Waals surface area contributed by atoms with Crippen molar-refractivity contribution in [2.24, 2.45) is 5.41 Å². The maximum Gasteiger partial charge on any atom is 0.305 e. The van der Waals surface area contributed by atoms with E-state index in [2.05, 4.69) is 28.5 Å². The number of rotatable bonds is 13. The highest BCUT2D eigenvalue weighted by Gasteiger charge is 2.28. The van der Waals surface area contributed by atoms with E-state index < -0.39 is 5.41 Å². The maximum atomic E-state index is 13.2. The molecule has 0 saturated carbocycles. The van der Waals surface area contributed by atoms with E-state index in [0.717, 1.165) is 40.7 Å². The molecule has 0 atom stereocenters. The standard InChI is InChI=1S/C35H38N2O5/c1-35(2,34(40)37-31-23-29(38)18-16-27(31)17-19-32(39)41-3)20-10-11-21-42-33-30(26-14-8-5-9-15-26)22-28(24-36-33)25-12-6-4-7-13-25/h4-9,12-16,18,22-24,38H,10-11,17,19-21H2,1-3H3,(H,37,40). The van der Waals surface area contributed by atoms with E-state index in [1.165, 1.54) is 13.2 Å². The monoisotopic (exact) mass is 566 g/mol. The number of methoxy groups -OCH3 is 1. The SMILES string of the molecule is COC(=O)CCc1ccc(O)cc1NC(=O)C(C)(C)CCCCOc1ncc(-c2ccccc2)cc1-c1ccccc1. The third-order valence-corrected chi connectivity index (χ3v) is 7.26. The summed E-state index contributed by atoms with van der Waals surface area (Å²) in [6, 6.07) is 27.1. The Morgan fingerprint density at radius 3 is 2.26 bits per heavy atom. The number of phenols is 1. The van der Waals surface area contributed by atoms with Crippen molar-refractivity contribution in [2.45, 2.75) is 46.0 Å². The molecule has 0 aliphatic rings. The number of anilines is 1. The van der Waals surface area contributed by atoms with Gasteiger partial charge < -0.3 is 19.9 Å². The van der Waals surface area contributed by atoms with Gasteiger partial charge in [-0.3, -0.25) is 9.59 Å². The predicted octanol–water partition coefficient (Wildman–Crippen LogP) is 7.44. The zero-order chi connectivity index (χ0) is 30.0. The average molecular weight is 567 g/mol. The van der Waals surface area contributed by atoms with Crippen LogP contribution in [0.25, 0.3) is 22.3 Å². The Morgan fingerprint density at radius 2 is 1.57 bits per heavy atom. The topological polar surface area (TPSA) is 97.8 Å². The van der Waals surface area contributed by atoms with Crippen molar-refractivity contribution in [3.8, 4) is 33.9 Å². The number of carbonyl (C=O) groups is 2. The van der Waals surface area contributed by atoms with Crippen LogP contribution < -0.4 is 10.1 Å². The highest BCUT2D eigenvalue weighted by molar-refractivity contribution is 5.95. The first-order chi connectivity index (χ1) is 20.3. The number of aromatic nitrogens is 1. The van der Waals surface area contributed by atoms with Crippen molar-refractivity contribution >= 4 is 17.6 Å². The zero-order valence-corrected chi connectivity index (χ0v) is 24.4. The fourth-order valence-electron chi connectivity index (χ4n) is 4.66. The molecule has 4 aromatic rings. The second kappa shape index (κ2) is 14.3. The summed E-state index contributed by atoms with van der Waals surface area (Å²) < 4.78 is 10.9. The number of nitrogens with one attached hydrogen (secondary N) is 1. The third kappa shape index (κ3) is 8.19. The summed E-state index contributed by atoms with van der Waals surface area (Å²) in [5.41, 5.74) is 4.69. The summed E-state index contributed by atoms with van der Waals surface area (Å²) in [5, 5.41) is 12.9. The predicted molar refractivity (Wildman–Crippen MR) is 165 cm³/mol. The Kier molecular flexibility index (Phi) is 10.3. The largest absolute Gasteiger partial charge is 0.508 e. The molecule has 4 rings (SSSR count). The summed E-state index contributed by atoms with van der Waals surface area (Å²) in [6.45, 7) is 4.27. The maximum absolute atomic E-state index is 13.2. The number of esters is 1. The Bertz CT molecular complexity index is 1490. The van der Waals surface area contributed by atoms with Crippen LogP contribution in [0.4, 0.5) is 5.69 Å². The number of phenolic OH excluding ortho intramolecular Hbond substituents is 1. The van der Waals surface area contributed by atoms with Crippen LogP contribution in [0.1, 0.15) is 45.1 Å². The minimum absolute atomic E-state index is 0.0438. The molecule has 3 aromatic carbocycles. The number of nitrogens with zero attached hydrogens (tertiary/aromatic N) is 1. The minimum Gasteiger partial charge on any atom is -0.508 e. The van der Waals surface area contributed by atoms with Crippen molar-refractivity contribution in [2.75, 3.05) is 19.0 Å². The van der Waals surface area contributed by atoms with Crippen molar-refractivity contribution in [1.82, 2.24) is 4.98 Å². The van der Waals surface area contributed by atoms with Gasteiger partial charge in [-0.25, -0.2) is 4.98 Å². The fraction of sp³-hybridized carbons (Fsp3) is 0.286. The normalized spacial score (nSPS) is 11.1. The van der Waals surface area contributed by atoms with Gasteiger partial charge in [0.25, 0.3) is 0 Å². The molecular weight excluding hydrogens is 528 g/mol. The van der Waals surface area contributed by atoms with E-state index in [1.54, 1.807) is 12.1 Å². The smallest absolute Gasteiger partial charge is 0.305 e. The molecule has 42 heavy (non-hydrogen) atoms. The highest BCUT2D eigenvalue weighted by Crippen LogP contribution is 2.33. The van der Waals surface area contributed by atoms with E-state index in [0.29, 0.717) is 31.0 Å². The molecule has 0 aliphatic heterocycles. The number of unbranched alkanes of at least 4 members (excludes halogenated alkanes) is 1. The molecule has 0 bridgehead atoms. The molecule has 1 amide bonds. The second-order valence-electron chi connectivity index (χ2n) is 10.9. The van der Waals surface area contributed by atoms with Gasteiger partial charge in [0.2, 0.25) is 11.8 Å². The minimum atomic E-state index is -0.657. The molecule has 0 aliphatic carbocycles. The molecule has 2 N–H and O–H groups in total. The van der Waals surface area contributed by atoms with Gasteiger partial charge >= 0.3 is 5.97 Å². The first-order valence-electron chi connectivity index (χ1n) is 14.2. The first kappa shape index (κ1) is 30.3. The summed E-state index contributed by atoms with van der Waals surface area (Å²) >= 11 is 0. The van der Waals surface area contributed by atoms with Crippen molar-refractivity contribution in [3.63, 3.8) is 0 Å². The molecule has 7 heteroatoms.